The van der Waals surface area contributed by atoms with Gasteiger partial charge in [0.25, 0.3) is 0 Å². The Bertz CT molecular complexity index is 447. The van der Waals surface area contributed by atoms with Gasteiger partial charge in [0.2, 0.25) is 0 Å². The van der Waals surface area contributed by atoms with Crippen molar-refractivity contribution >= 4 is 15.9 Å². The second-order valence-electron chi connectivity index (χ2n) is 5.50. The summed E-state index contributed by atoms with van der Waals surface area (Å²) in [5, 5.41) is 10.1. The van der Waals surface area contributed by atoms with Gasteiger partial charge in [0.15, 0.2) is 0 Å². The van der Waals surface area contributed by atoms with Crippen molar-refractivity contribution in [2.45, 2.75) is 52.4 Å². The largest absolute Gasteiger partial charge is 0.506 e. The van der Waals surface area contributed by atoms with E-state index in [2.05, 4.69) is 36.7 Å². The number of phenols is 1. The summed E-state index contributed by atoms with van der Waals surface area (Å²) in [6.07, 6.45) is 3.56. The molecule has 1 aliphatic carbocycles. The first-order chi connectivity index (χ1) is 7.36. The molecule has 0 fully saturated rings. The third kappa shape index (κ3) is 1.58. The van der Waals surface area contributed by atoms with Gasteiger partial charge in [0.05, 0.1) is 4.47 Å². The van der Waals surface area contributed by atoms with Crippen LogP contribution in [0, 0.1) is 13.8 Å². The molecule has 1 aliphatic rings. The second kappa shape index (κ2) is 3.76. The van der Waals surface area contributed by atoms with Gasteiger partial charge >= 0.3 is 0 Å². The van der Waals surface area contributed by atoms with Crippen molar-refractivity contribution in [1.29, 1.82) is 0 Å². The van der Waals surface area contributed by atoms with Crippen molar-refractivity contribution in [3.05, 3.63) is 26.7 Å². The molecule has 2 heteroatoms. The Morgan fingerprint density at radius 3 is 2.44 bits per heavy atom. The van der Waals surface area contributed by atoms with Gasteiger partial charge in [-0.1, -0.05) is 13.8 Å². The van der Waals surface area contributed by atoms with Crippen LogP contribution in [0.5, 0.6) is 5.75 Å². The first-order valence-electron chi connectivity index (χ1n) is 5.87. The van der Waals surface area contributed by atoms with Crippen LogP contribution in [0.15, 0.2) is 4.47 Å². The van der Waals surface area contributed by atoms with Crippen LogP contribution in [-0.4, -0.2) is 5.11 Å². The molecule has 0 atom stereocenters. The number of phenolic OH excluding ortho intramolecular Hbond substituents is 1. The van der Waals surface area contributed by atoms with E-state index in [-0.39, 0.29) is 5.41 Å². The zero-order chi connectivity index (χ0) is 12.1. The molecule has 16 heavy (non-hydrogen) atoms. The fourth-order valence-electron chi connectivity index (χ4n) is 3.07. The van der Waals surface area contributed by atoms with Crippen molar-refractivity contribution in [2.75, 3.05) is 0 Å². The lowest BCUT2D eigenvalue weighted by Gasteiger charge is -2.36. The van der Waals surface area contributed by atoms with Crippen molar-refractivity contribution in [1.82, 2.24) is 0 Å². The normalized spacial score (nSPS) is 18.3. The van der Waals surface area contributed by atoms with E-state index < -0.39 is 0 Å². The summed E-state index contributed by atoms with van der Waals surface area (Å²) in [5.41, 5.74) is 5.32. The van der Waals surface area contributed by atoms with Gasteiger partial charge < -0.3 is 5.11 Å². The maximum absolute atomic E-state index is 10.1. The highest BCUT2D eigenvalue weighted by Crippen LogP contribution is 2.46. The summed E-state index contributed by atoms with van der Waals surface area (Å²) in [5.74, 6) is 0.425. The average molecular weight is 283 g/mol. The third-order valence-corrected chi connectivity index (χ3v) is 4.90. The predicted octanol–water partition coefficient (Wildman–Crippen LogP) is 4.39. The molecule has 1 nitrogen and oxygen atoms in total. The molecule has 0 radical (unpaired) electrons. The highest BCUT2D eigenvalue weighted by atomic mass is 79.9. The van der Waals surface area contributed by atoms with Gasteiger partial charge in [-0.15, -0.1) is 0 Å². The Labute approximate surface area is 106 Å². The zero-order valence-corrected chi connectivity index (χ0v) is 12.0. The van der Waals surface area contributed by atoms with Crippen molar-refractivity contribution in [3.63, 3.8) is 0 Å². The molecule has 1 aromatic rings. The van der Waals surface area contributed by atoms with Crippen molar-refractivity contribution < 1.29 is 5.11 Å². The number of hydrogen-bond acceptors (Lipinski definition) is 1. The lowest BCUT2D eigenvalue weighted by molar-refractivity contribution is 0.420. The van der Waals surface area contributed by atoms with Gasteiger partial charge in [-0.3, -0.25) is 0 Å². The molecular formula is C14H19BrO. The van der Waals surface area contributed by atoms with Gasteiger partial charge in [0, 0.05) is 0 Å². The van der Waals surface area contributed by atoms with E-state index >= 15 is 0 Å². The maximum atomic E-state index is 10.1. The molecule has 88 valence electrons. The molecule has 0 aliphatic heterocycles. The highest BCUT2D eigenvalue weighted by molar-refractivity contribution is 9.10. The molecule has 0 unspecified atom stereocenters. The van der Waals surface area contributed by atoms with Crippen LogP contribution in [0.25, 0.3) is 0 Å². The van der Waals surface area contributed by atoms with Gasteiger partial charge in [-0.25, -0.2) is 0 Å². The molecule has 0 aromatic heterocycles. The number of halogens is 1. The zero-order valence-electron chi connectivity index (χ0n) is 10.4. The van der Waals surface area contributed by atoms with Gasteiger partial charge in [-0.2, -0.15) is 0 Å². The van der Waals surface area contributed by atoms with Gasteiger partial charge in [0.1, 0.15) is 5.75 Å². The maximum Gasteiger partial charge on any atom is 0.133 e. The van der Waals surface area contributed by atoms with Crippen molar-refractivity contribution in [3.8, 4) is 5.75 Å². The summed E-state index contributed by atoms with van der Waals surface area (Å²) in [6.45, 7) is 8.75. The number of benzene rings is 1. The Morgan fingerprint density at radius 2 is 1.81 bits per heavy atom. The quantitative estimate of drug-likeness (QED) is 0.749. The van der Waals surface area contributed by atoms with Crippen LogP contribution in [-0.2, 0) is 11.8 Å². The number of hydrogen-bond donors (Lipinski definition) is 1. The molecule has 0 amide bonds. The smallest absolute Gasteiger partial charge is 0.133 e. The van der Waals surface area contributed by atoms with E-state index in [1.807, 2.05) is 6.92 Å². The monoisotopic (exact) mass is 282 g/mol. The summed E-state index contributed by atoms with van der Waals surface area (Å²) < 4.78 is 0.874. The molecular weight excluding hydrogens is 264 g/mol. The minimum atomic E-state index is 0.235. The lowest BCUT2D eigenvalue weighted by atomic mass is 9.70. The second-order valence-corrected chi connectivity index (χ2v) is 6.30. The van der Waals surface area contributed by atoms with E-state index in [1.54, 1.807) is 0 Å². The molecule has 0 bridgehead atoms. The summed E-state index contributed by atoms with van der Waals surface area (Å²) in [7, 11) is 0. The van der Waals surface area contributed by atoms with E-state index in [4.69, 9.17) is 0 Å². The van der Waals surface area contributed by atoms with Crippen LogP contribution in [0.2, 0.25) is 0 Å². The molecule has 0 heterocycles. The Balaban J connectivity index is 2.81. The van der Waals surface area contributed by atoms with Crippen LogP contribution in [0.4, 0.5) is 0 Å². The molecule has 0 saturated carbocycles. The summed E-state index contributed by atoms with van der Waals surface area (Å²) >= 11 is 3.51. The van der Waals surface area contributed by atoms with E-state index in [9.17, 15) is 5.11 Å². The Morgan fingerprint density at radius 1 is 1.19 bits per heavy atom. The third-order valence-electron chi connectivity index (χ3n) is 3.93. The number of aromatic hydroxyl groups is 1. The molecule has 0 saturated heterocycles. The van der Waals surface area contributed by atoms with E-state index in [0.717, 1.165) is 16.5 Å². The minimum Gasteiger partial charge on any atom is -0.506 e. The summed E-state index contributed by atoms with van der Waals surface area (Å²) in [6, 6.07) is 0. The summed E-state index contributed by atoms with van der Waals surface area (Å²) in [4.78, 5) is 0. The SMILES string of the molecule is Cc1c(O)c(Br)c(C)c2c1CCCC2(C)C. The van der Waals surface area contributed by atoms with Crippen LogP contribution < -0.4 is 0 Å². The number of fused-ring (bicyclic) bond motifs is 1. The Hall–Kier alpha value is -0.500. The Kier molecular flexibility index (Phi) is 2.82. The first-order valence-corrected chi connectivity index (χ1v) is 6.66. The predicted molar refractivity (Wildman–Crippen MR) is 71.2 cm³/mol. The highest BCUT2D eigenvalue weighted by Gasteiger charge is 2.32. The minimum absolute atomic E-state index is 0.235. The number of rotatable bonds is 0. The average Bonchev–Trinajstić information content (AvgIpc) is 2.21. The topological polar surface area (TPSA) is 20.2 Å². The molecule has 2 rings (SSSR count). The fraction of sp³-hybridized carbons (Fsp3) is 0.571. The van der Waals surface area contributed by atoms with E-state index in [0.29, 0.717) is 5.75 Å². The van der Waals surface area contributed by atoms with Gasteiger partial charge in [-0.05, 0) is 76.7 Å². The van der Waals surface area contributed by atoms with E-state index in [1.165, 1.54) is 29.5 Å². The first kappa shape index (κ1) is 12.0. The van der Waals surface area contributed by atoms with Crippen LogP contribution in [0.1, 0.15) is 48.9 Å². The lowest BCUT2D eigenvalue weighted by Crippen LogP contribution is -2.26. The molecule has 1 N–H and O–H groups in total. The fourth-order valence-corrected chi connectivity index (χ4v) is 3.57. The standard InChI is InChI=1S/C14H19BrO/c1-8-10-6-5-7-14(3,4)11(10)9(2)12(15)13(8)16/h16H,5-7H2,1-4H3. The van der Waals surface area contributed by atoms with Crippen molar-refractivity contribution in [2.24, 2.45) is 0 Å². The molecule has 1 aromatic carbocycles. The van der Waals surface area contributed by atoms with Crippen LogP contribution in [0.3, 0.4) is 0 Å². The van der Waals surface area contributed by atoms with Crippen LogP contribution >= 0.6 is 15.9 Å². The molecule has 0 spiro atoms.